The van der Waals surface area contributed by atoms with Crippen molar-refractivity contribution in [2.24, 2.45) is 5.10 Å². The van der Waals surface area contributed by atoms with E-state index < -0.39 is 5.91 Å². The summed E-state index contributed by atoms with van der Waals surface area (Å²) >= 11 is 5.82. The Morgan fingerprint density at radius 3 is 2.64 bits per heavy atom. The number of hydrogen-bond acceptors (Lipinski definition) is 3. The van der Waals surface area contributed by atoms with Gasteiger partial charge in [-0.3, -0.25) is 9.59 Å². The highest BCUT2D eigenvalue weighted by Gasteiger charge is 2.14. The molecule has 0 aliphatic heterocycles. The molecule has 3 aromatic rings. The van der Waals surface area contributed by atoms with E-state index in [1.807, 2.05) is 23.6 Å². The van der Waals surface area contributed by atoms with Crippen LogP contribution in [0.5, 0.6) is 0 Å². The first kappa shape index (κ1) is 16.9. The van der Waals surface area contributed by atoms with E-state index in [0.29, 0.717) is 17.0 Å². The molecule has 0 saturated carbocycles. The van der Waals surface area contributed by atoms with Crippen LogP contribution in [0.1, 0.15) is 22.8 Å². The third-order valence-corrected chi connectivity index (χ3v) is 4.07. The van der Waals surface area contributed by atoms with Gasteiger partial charge in [0.1, 0.15) is 5.56 Å². The monoisotopic (exact) mass is 353 g/mol. The van der Waals surface area contributed by atoms with Crippen molar-refractivity contribution in [3.05, 3.63) is 81.1 Å². The Hall–Kier alpha value is -2.92. The van der Waals surface area contributed by atoms with Crippen molar-refractivity contribution in [1.29, 1.82) is 0 Å². The average Bonchev–Trinajstić information content (AvgIpc) is 2.64. The number of carbonyl (C=O) groups excluding carboxylic acids is 1. The Bertz CT molecular complexity index is 1010. The molecule has 0 fully saturated rings. The number of carbonyl (C=O) groups is 1. The molecule has 5 nitrogen and oxygen atoms in total. The van der Waals surface area contributed by atoms with Gasteiger partial charge in [-0.1, -0.05) is 35.9 Å². The Balaban J connectivity index is 1.88. The summed E-state index contributed by atoms with van der Waals surface area (Å²) in [5, 5.41) is 5.04. The zero-order valence-electron chi connectivity index (χ0n) is 13.6. The van der Waals surface area contributed by atoms with Gasteiger partial charge in [-0.2, -0.15) is 5.10 Å². The molecule has 1 N–H and O–H groups in total. The summed E-state index contributed by atoms with van der Waals surface area (Å²) in [6, 6.07) is 14.2. The molecule has 0 bridgehead atoms. The van der Waals surface area contributed by atoms with Gasteiger partial charge in [0.25, 0.3) is 5.91 Å². The number of aryl methyl sites for hydroxylation is 1. The Morgan fingerprint density at radius 2 is 1.92 bits per heavy atom. The quantitative estimate of drug-likeness (QED) is 0.577. The van der Waals surface area contributed by atoms with Gasteiger partial charge in [-0.05, 0) is 36.8 Å². The lowest BCUT2D eigenvalue weighted by molar-refractivity contribution is 0.0953. The molecule has 0 saturated heterocycles. The lowest BCUT2D eigenvalue weighted by atomic mass is 10.1. The second kappa shape index (κ2) is 7.32. The van der Waals surface area contributed by atoms with Crippen LogP contribution in [0.25, 0.3) is 10.9 Å². The number of para-hydroxylation sites is 1. The highest BCUT2D eigenvalue weighted by Crippen LogP contribution is 2.12. The summed E-state index contributed by atoms with van der Waals surface area (Å²) in [5.74, 6) is -0.539. The molecule has 1 heterocycles. The third kappa shape index (κ3) is 3.61. The summed E-state index contributed by atoms with van der Waals surface area (Å²) in [6.07, 6.45) is 3.06. The second-order valence-electron chi connectivity index (χ2n) is 5.43. The van der Waals surface area contributed by atoms with E-state index in [2.05, 4.69) is 10.5 Å². The van der Waals surface area contributed by atoms with Gasteiger partial charge in [0.15, 0.2) is 0 Å². The first-order chi connectivity index (χ1) is 12.1. The van der Waals surface area contributed by atoms with Crippen molar-refractivity contribution in [1.82, 2.24) is 9.99 Å². The lowest BCUT2D eigenvalue weighted by Gasteiger charge is -2.10. The van der Waals surface area contributed by atoms with E-state index in [-0.39, 0.29) is 11.0 Å². The zero-order valence-corrected chi connectivity index (χ0v) is 14.3. The fourth-order valence-corrected chi connectivity index (χ4v) is 2.67. The predicted octanol–water partition coefficient (Wildman–Crippen LogP) is 3.44. The third-order valence-electron chi connectivity index (χ3n) is 3.82. The normalized spacial score (nSPS) is 11.1. The van der Waals surface area contributed by atoms with Gasteiger partial charge in [-0.15, -0.1) is 0 Å². The molecule has 2 aromatic carbocycles. The maximum atomic E-state index is 12.6. The van der Waals surface area contributed by atoms with E-state index in [1.165, 1.54) is 6.21 Å². The van der Waals surface area contributed by atoms with E-state index in [1.54, 1.807) is 42.6 Å². The van der Waals surface area contributed by atoms with Crippen LogP contribution in [0.2, 0.25) is 5.02 Å². The molecule has 1 aromatic heterocycles. The van der Waals surface area contributed by atoms with Crippen LogP contribution in [0.3, 0.4) is 0 Å². The summed E-state index contributed by atoms with van der Waals surface area (Å²) < 4.78 is 1.87. The minimum atomic E-state index is -0.539. The van der Waals surface area contributed by atoms with Crippen molar-refractivity contribution in [2.75, 3.05) is 0 Å². The van der Waals surface area contributed by atoms with E-state index >= 15 is 0 Å². The van der Waals surface area contributed by atoms with Crippen LogP contribution in [-0.4, -0.2) is 16.7 Å². The smallest absolute Gasteiger partial charge is 0.276 e. The topological polar surface area (TPSA) is 63.5 Å². The fraction of sp³-hybridized carbons (Fsp3) is 0.105. The highest BCUT2D eigenvalue weighted by atomic mass is 35.5. The van der Waals surface area contributed by atoms with Crippen LogP contribution >= 0.6 is 11.6 Å². The summed E-state index contributed by atoms with van der Waals surface area (Å²) in [7, 11) is 0. The summed E-state index contributed by atoms with van der Waals surface area (Å²) in [6.45, 7) is 2.60. The number of nitrogens with one attached hydrogen (secondary N) is 1. The molecule has 0 atom stereocenters. The molecule has 25 heavy (non-hydrogen) atoms. The van der Waals surface area contributed by atoms with Gasteiger partial charge < -0.3 is 4.57 Å². The minimum absolute atomic E-state index is 0.0637. The molecular weight excluding hydrogens is 338 g/mol. The lowest BCUT2D eigenvalue weighted by Crippen LogP contribution is -2.26. The number of amides is 1. The van der Waals surface area contributed by atoms with Crippen LogP contribution in [0.15, 0.2) is 64.6 Å². The number of fused-ring (bicyclic) bond motifs is 1. The number of halogens is 1. The number of benzene rings is 2. The van der Waals surface area contributed by atoms with Gasteiger partial charge >= 0.3 is 0 Å². The van der Waals surface area contributed by atoms with Gasteiger partial charge in [0, 0.05) is 23.2 Å². The number of aromatic nitrogens is 1. The second-order valence-corrected chi connectivity index (χ2v) is 5.86. The largest absolute Gasteiger partial charge is 0.347 e. The van der Waals surface area contributed by atoms with Crippen LogP contribution in [-0.2, 0) is 6.54 Å². The molecule has 0 spiro atoms. The van der Waals surface area contributed by atoms with Crippen molar-refractivity contribution in [3.63, 3.8) is 0 Å². The Kier molecular flexibility index (Phi) is 4.95. The molecular formula is C19H16ClN3O2. The number of rotatable bonds is 4. The van der Waals surface area contributed by atoms with Gasteiger partial charge in [0.2, 0.25) is 5.43 Å². The first-order valence-corrected chi connectivity index (χ1v) is 8.19. The standard InChI is InChI=1S/C19H16ClN3O2/c1-2-23-12-16(18(24)15-5-3-4-6-17(15)23)19(25)22-21-11-13-7-9-14(20)10-8-13/h3-12H,2H2,1H3,(H,22,25)/b21-11+. The minimum Gasteiger partial charge on any atom is -0.347 e. The number of nitrogens with zero attached hydrogens (tertiary/aromatic N) is 2. The van der Waals surface area contributed by atoms with Crippen molar-refractivity contribution in [2.45, 2.75) is 13.5 Å². The van der Waals surface area contributed by atoms with Crippen molar-refractivity contribution < 1.29 is 4.79 Å². The maximum absolute atomic E-state index is 12.6. The van der Waals surface area contributed by atoms with E-state index in [0.717, 1.165) is 11.1 Å². The van der Waals surface area contributed by atoms with E-state index in [4.69, 9.17) is 11.6 Å². The first-order valence-electron chi connectivity index (χ1n) is 7.81. The number of hydrazone groups is 1. The molecule has 6 heteroatoms. The average molecular weight is 354 g/mol. The predicted molar refractivity (Wildman–Crippen MR) is 100 cm³/mol. The Labute approximate surface area is 149 Å². The SMILES string of the molecule is CCn1cc(C(=O)N/N=C/c2ccc(Cl)cc2)c(=O)c2ccccc21. The number of hydrogen-bond donors (Lipinski definition) is 1. The van der Waals surface area contributed by atoms with E-state index in [9.17, 15) is 9.59 Å². The highest BCUT2D eigenvalue weighted by molar-refractivity contribution is 6.30. The Morgan fingerprint density at radius 1 is 1.20 bits per heavy atom. The van der Waals surface area contributed by atoms with Gasteiger partial charge in [-0.25, -0.2) is 5.43 Å². The molecule has 0 unspecified atom stereocenters. The molecule has 126 valence electrons. The molecule has 0 aliphatic carbocycles. The number of pyridine rings is 1. The zero-order chi connectivity index (χ0) is 17.8. The molecule has 0 radical (unpaired) electrons. The van der Waals surface area contributed by atoms with Crippen molar-refractivity contribution in [3.8, 4) is 0 Å². The summed E-state index contributed by atoms with van der Waals surface area (Å²) in [5.41, 5.74) is 3.75. The van der Waals surface area contributed by atoms with Crippen LogP contribution in [0, 0.1) is 0 Å². The van der Waals surface area contributed by atoms with Crippen LogP contribution in [0.4, 0.5) is 0 Å². The van der Waals surface area contributed by atoms with Crippen LogP contribution < -0.4 is 10.9 Å². The molecule has 0 aliphatic rings. The maximum Gasteiger partial charge on any atom is 0.276 e. The summed E-state index contributed by atoms with van der Waals surface area (Å²) in [4.78, 5) is 24.9. The fourth-order valence-electron chi connectivity index (χ4n) is 2.54. The van der Waals surface area contributed by atoms with Crippen molar-refractivity contribution >= 4 is 34.6 Å². The van der Waals surface area contributed by atoms with Gasteiger partial charge in [0.05, 0.1) is 11.7 Å². The molecule has 3 rings (SSSR count). The molecule has 1 amide bonds.